The number of alkyl halides is 1. The summed E-state index contributed by atoms with van der Waals surface area (Å²) in [5.41, 5.74) is 4.16. The highest BCUT2D eigenvalue weighted by Crippen LogP contribution is 2.37. The van der Waals surface area contributed by atoms with E-state index in [0.29, 0.717) is 0 Å². The summed E-state index contributed by atoms with van der Waals surface area (Å²) in [5, 5.41) is 0. The van der Waals surface area contributed by atoms with Gasteiger partial charge in [0.25, 0.3) is 0 Å². The fraction of sp³-hybridized carbons (Fsp3) is 0.263. The number of hydrogen-bond acceptors (Lipinski definition) is 0. The molecule has 1 unspecified atom stereocenters. The van der Waals surface area contributed by atoms with E-state index in [2.05, 4.69) is 125 Å². The Morgan fingerprint density at radius 3 is 1.77 bits per heavy atom. The lowest BCUT2D eigenvalue weighted by Crippen LogP contribution is -2.33. The topological polar surface area (TPSA) is 0 Å². The zero-order valence-electron chi connectivity index (χ0n) is 13.3. The number of benzene rings is 2. The molecule has 116 valence electrons. The van der Waals surface area contributed by atoms with Gasteiger partial charge in [-0.2, -0.15) is 0 Å². The van der Waals surface area contributed by atoms with Gasteiger partial charge in [-0.05, 0) is 45.7 Å². The monoisotopic (exact) mass is 532 g/mol. The molecular weight excluding hydrogens is 510 g/mol. The minimum absolute atomic E-state index is 0.730. The number of allylic oxidation sites excluding steroid dienone is 1. The van der Waals surface area contributed by atoms with Crippen LogP contribution in [0.3, 0.4) is 0 Å². The Morgan fingerprint density at radius 1 is 0.864 bits per heavy atom. The molecule has 0 aliphatic heterocycles. The summed E-state index contributed by atoms with van der Waals surface area (Å²) in [6.07, 6.45) is 1.15. The van der Waals surface area contributed by atoms with E-state index < -0.39 is 8.07 Å². The molecule has 0 radical (unpaired) electrons. The molecule has 0 nitrogen and oxygen atoms in total. The van der Waals surface area contributed by atoms with Crippen molar-refractivity contribution in [3.63, 3.8) is 0 Å². The normalized spacial score (nSPS) is 14.4. The predicted molar refractivity (Wildman–Crippen MR) is 119 cm³/mol. The molecule has 0 fully saturated rings. The van der Waals surface area contributed by atoms with Crippen molar-refractivity contribution in [1.29, 1.82) is 0 Å². The van der Waals surface area contributed by atoms with Gasteiger partial charge in [-0.15, -0.1) is 0 Å². The van der Waals surface area contributed by atoms with Crippen LogP contribution in [0, 0.1) is 0 Å². The number of hydrogen-bond donors (Lipinski definition) is 0. The summed E-state index contributed by atoms with van der Waals surface area (Å²) in [7, 11) is -1.15. The SMILES string of the molecule is C[Si](C)(C)C(I)CC(=C(I)c1ccccc1)c1ccccc1. The molecule has 2 rings (SSSR count). The lowest BCUT2D eigenvalue weighted by atomic mass is 10.0. The molecule has 0 aliphatic carbocycles. The zero-order valence-corrected chi connectivity index (χ0v) is 18.6. The molecule has 0 aromatic heterocycles. The van der Waals surface area contributed by atoms with Gasteiger partial charge in [0, 0.05) is 7.13 Å². The van der Waals surface area contributed by atoms with Gasteiger partial charge in [-0.25, -0.2) is 0 Å². The minimum atomic E-state index is -1.15. The first-order valence-corrected chi connectivity index (χ1v) is 13.4. The van der Waals surface area contributed by atoms with Crippen molar-refractivity contribution in [3.8, 4) is 0 Å². The van der Waals surface area contributed by atoms with Gasteiger partial charge >= 0.3 is 0 Å². The van der Waals surface area contributed by atoms with Crippen LogP contribution in [0.4, 0.5) is 0 Å². The van der Waals surface area contributed by atoms with E-state index >= 15 is 0 Å². The molecule has 0 amide bonds. The second kappa shape index (κ2) is 8.10. The Labute approximate surface area is 162 Å². The summed E-state index contributed by atoms with van der Waals surface area (Å²) in [6, 6.07) is 21.6. The van der Waals surface area contributed by atoms with E-state index in [-0.39, 0.29) is 0 Å². The molecule has 22 heavy (non-hydrogen) atoms. The molecule has 0 N–H and O–H groups in total. The quantitative estimate of drug-likeness (QED) is 0.168. The lowest BCUT2D eigenvalue weighted by Gasteiger charge is -2.25. The first-order chi connectivity index (χ1) is 10.4. The largest absolute Gasteiger partial charge is 0.0857 e. The van der Waals surface area contributed by atoms with Gasteiger partial charge in [0.15, 0.2) is 0 Å². The molecule has 0 spiro atoms. The average molecular weight is 532 g/mol. The second-order valence-corrected chi connectivity index (χ2v) is 15.7. The van der Waals surface area contributed by atoms with Crippen molar-refractivity contribution in [2.75, 3.05) is 0 Å². The summed E-state index contributed by atoms with van der Waals surface area (Å²) in [4.78, 5) is 0. The minimum Gasteiger partial charge on any atom is -0.0857 e. The van der Waals surface area contributed by atoms with Crippen molar-refractivity contribution in [2.45, 2.75) is 29.6 Å². The van der Waals surface area contributed by atoms with Gasteiger partial charge in [0.05, 0.1) is 8.07 Å². The molecule has 2 aromatic rings. The Hall–Kier alpha value is -0.143. The van der Waals surface area contributed by atoms with Crippen LogP contribution < -0.4 is 0 Å². The van der Waals surface area contributed by atoms with Crippen LogP contribution in [-0.4, -0.2) is 11.6 Å². The maximum Gasteiger partial charge on any atom is 0.0589 e. The Morgan fingerprint density at radius 2 is 1.32 bits per heavy atom. The molecule has 0 saturated heterocycles. The Kier molecular flexibility index (Phi) is 6.70. The highest BCUT2D eigenvalue weighted by Gasteiger charge is 2.26. The van der Waals surface area contributed by atoms with Gasteiger partial charge in [0.2, 0.25) is 0 Å². The third-order valence-electron chi connectivity index (χ3n) is 3.74. The molecule has 1 atom stereocenters. The summed E-state index contributed by atoms with van der Waals surface area (Å²) in [5.74, 6) is 0. The van der Waals surface area contributed by atoms with E-state index in [1.165, 1.54) is 20.3 Å². The fourth-order valence-corrected chi connectivity index (χ4v) is 4.37. The summed E-state index contributed by atoms with van der Waals surface area (Å²) in [6.45, 7) is 7.38. The third-order valence-corrected chi connectivity index (χ3v) is 13.1. The van der Waals surface area contributed by atoms with Crippen LogP contribution in [0.15, 0.2) is 60.7 Å². The molecule has 0 bridgehead atoms. The number of rotatable bonds is 5. The Bertz CT molecular complexity index is 627. The zero-order chi connectivity index (χ0) is 16.2. The van der Waals surface area contributed by atoms with Crippen molar-refractivity contribution in [1.82, 2.24) is 0 Å². The standard InChI is InChI=1S/C19H22I2Si/c1-22(2,3)18(20)14-17(15-10-6-4-7-11-15)19(21)16-12-8-5-9-13-16/h4-13,18H,14H2,1-3H3. The number of halogens is 2. The van der Waals surface area contributed by atoms with Crippen molar-refractivity contribution >= 4 is 62.4 Å². The highest BCUT2D eigenvalue weighted by atomic mass is 127. The summed E-state index contributed by atoms with van der Waals surface area (Å²) >= 11 is 5.19. The first-order valence-electron chi connectivity index (χ1n) is 7.53. The maximum atomic E-state index is 2.67. The van der Waals surface area contributed by atoms with E-state index in [1.807, 2.05) is 0 Å². The highest BCUT2D eigenvalue weighted by molar-refractivity contribution is 14.1. The van der Waals surface area contributed by atoms with Gasteiger partial charge in [0.1, 0.15) is 0 Å². The molecule has 0 aliphatic rings. The van der Waals surface area contributed by atoms with Crippen LogP contribution in [0.5, 0.6) is 0 Å². The van der Waals surface area contributed by atoms with E-state index in [4.69, 9.17) is 0 Å². The molecule has 0 heterocycles. The van der Waals surface area contributed by atoms with Gasteiger partial charge in [-0.3, -0.25) is 0 Å². The van der Waals surface area contributed by atoms with Gasteiger partial charge in [-0.1, -0.05) is 103 Å². The smallest absolute Gasteiger partial charge is 0.0589 e. The van der Waals surface area contributed by atoms with Crippen LogP contribution in [0.2, 0.25) is 19.6 Å². The molecule has 3 heteroatoms. The van der Waals surface area contributed by atoms with Crippen molar-refractivity contribution < 1.29 is 0 Å². The van der Waals surface area contributed by atoms with Crippen LogP contribution >= 0.6 is 45.2 Å². The van der Waals surface area contributed by atoms with Crippen LogP contribution in [-0.2, 0) is 0 Å². The molecular formula is C19H22I2Si. The van der Waals surface area contributed by atoms with Crippen LogP contribution in [0.1, 0.15) is 17.5 Å². The fourth-order valence-electron chi connectivity index (χ4n) is 2.22. The predicted octanol–water partition coefficient (Wildman–Crippen LogP) is 7.06. The average Bonchev–Trinajstić information content (AvgIpc) is 2.52. The lowest BCUT2D eigenvalue weighted by molar-refractivity contribution is 1.17. The summed E-state index contributed by atoms with van der Waals surface area (Å²) < 4.78 is 2.11. The van der Waals surface area contributed by atoms with Crippen molar-refractivity contribution in [3.05, 3.63) is 71.8 Å². The first kappa shape index (κ1) is 18.2. The molecule has 2 aromatic carbocycles. The third kappa shape index (κ3) is 4.93. The van der Waals surface area contributed by atoms with Gasteiger partial charge < -0.3 is 0 Å². The van der Waals surface area contributed by atoms with E-state index in [1.54, 1.807) is 0 Å². The maximum absolute atomic E-state index is 2.67. The Balaban J connectivity index is 2.47. The van der Waals surface area contributed by atoms with E-state index in [0.717, 1.165) is 9.97 Å². The van der Waals surface area contributed by atoms with Crippen molar-refractivity contribution in [2.24, 2.45) is 0 Å². The molecule has 0 saturated carbocycles. The van der Waals surface area contributed by atoms with Crippen LogP contribution in [0.25, 0.3) is 9.15 Å². The van der Waals surface area contributed by atoms with E-state index in [9.17, 15) is 0 Å². The second-order valence-electron chi connectivity index (χ2n) is 6.56.